The predicted molar refractivity (Wildman–Crippen MR) is 80.2 cm³/mol. The standard InChI is InChI=1S/C15H19ClN2O3/c16-11-6-2-1-5-10(11)15(21)17-9-14(20)18-12-7-3-4-8-13(12)19/h1-2,5-6,12-13,19H,3-4,7-9H2,(H,17,21)(H,18,20)/t12-,13-/m1/s1. The van der Waals surface area contributed by atoms with E-state index in [0.29, 0.717) is 17.0 Å². The molecule has 0 unspecified atom stereocenters. The van der Waals surface area contributed by atoms with Gasteiger partial charge in [-0.15, -0.1) is 0 Å². The molecule has 2 atom stereocenters. The van der Waals surface area contributed by atoms with Gasteiger partial charge in [0.1, 0.15) is 0 Å². The predicted octanol–water partition coefficient (Wildman–Crippen LogP) is 1.49. The SMILES string of the molecule is O=C(CNC(=O)c1ccccc1Cl)N[C@@H]1CCCC[C@H]1O. The molecule has 2 rings (SSSR count). The van der Waals surface area contributed by atoms with Crippen molar-refractivity contribution >= 4 is 23.4 Å². The fraction of sp³-hybridized carbons (Fsp3) is 0.467. The largest absolute Gasteiger partial charge is 0.391 e. The second-order valence-electron chi connectivity index (χ2n) is 5.19. The number of amides is 2. The average Bonchev–Trinajstić information content (AvgIpc) is 2.48. The molecule has 0 bridgehead atoms. The summed E-state index contributed by atoms with van der Waals surface area (Å²) in [4.78, 5) is 23.7. The van der Waals surface area contributed by atoms with Gasteiger partial charge in [-0.25, -0.2) is 0 Å². The van der Waals surface area contributed by atoms with Gasteiger partial charge in [0, 0.05) is 0 Å². The van der Waals surface area contributed by atoms with Gasteiger partial charge in [-0.1, -0.05) is 36.6 Å². The normalized spacial score (nSPS) is 21.6. The maximum Gasteiger partial charge on any atom is 0.253 e. The number of carbonyl (C=O) groups is 2. The molecule has 3 N–H and O–H groups in total. The first-order chi connectivity index (χ1) is 10.1. The molecule has 0 radical (unpaired) electrons. The smallest absolute Gasteiger partial charge is 0.253 e. The van der Waals surface area contributed by atoms with E-state index >= 15 is 0 Å². The van der Waals surface area contributed by atoms with E-state index in [4.69, 9.17) is 11.6 Å². The van der Waals surface area contributed by atoms with E-state index in [1.807, 2.05) is 0 Å². The molecule has 1 aromatic rings. The van der Waals surface area contributed by atoms with E-state index in [1.165, 1.54) is 0 Å². The van der Waals surface area contributed by atoms with Crippen LogP contribution in [0.3, 0.4) is 0 Å². The summed E-state index contributed by atoms with van der Waals surface area (Å²) < 4.78 is 0. The van der Waals surface area contributed by atoms with Gasteiger partial charge in [0.05, 0.1) is 29.3 Å². The quantitative estimate of drug-likeness (QED) is 0.788. The van der Waals surface area contributed by atoms with Gasteiger partial charge in [-0.3, -0.25) is 9.59 Å². The average molecular weight is 311 g/mol. The third kappa shape index (κ3) is 4.44. The number of benzene rings is 1. The number of aliphatic hydroxyl groups excluding tert-OH is 1. The molecule has 1 aliphatic carbocycles. The van der Waals surface area contributed by atoms with Gasteiger partial charge >= 0.3 is 0 Å². The Kier molecular flexibility index (Phi) is 5.59. The summed E-state index contributed by atoms with van der Waals surface area (Å²) >= 11 is 5.91. The van der Waals surface area contributed by atoms with Crippen LogP contribution >= 0.6 is 11.6 Å². The Morgan fingerprint density at radius 1 is 1.24 bits per heavy atom. The molecule has 0 aromatic heterocycles. The molecule has 6 heteroatoms. The third-order valence-electron chi connectivity index (χ3n) is 3.60. The van der Waals surface area contributed by atoms with Crippen molar-refractivity contribution < 1.29 is 14.7 Å². The molecular formula is C15H19ClN2O3. The Bertz CT molecular complexity index is 521. The summed E-state index contributed by atoms with van der Waals surface area (Å²) in [6.07, 6.45) is 2.95. The first kappa shape index (κ1) is 15.8. The zero-order valence-electron chi connectivity index (χ0n) is 11.6. The van der Waals surface area contributed by atoms with Crippen molar-refractivity contribution in [2.75, 3.05) is 6.54 Å². The maximum atomic E-state index is 11.9. The molecule has 21 heavy (non-hydrogen) atoms. The Balaban J connectivity index is 1.81. The van der Waals surface area contributed by atoms with Gasteiger partial charge in [0.2, 0.25) is 5.91 Å². The maximum absolute atomic E-state index is 11.9. The second kappa shape index (κ2) is 7.43. The number of hydrogen-bond acceptors (Lipinski definition) is 3. The van der Waals surface area contributed by atoms with Crippen LogP contribution in [0.1, 0.15) is 36.0 Å². The summed E-state index contributed by atoms with van der Waals surface area (Å²) in [5, 5.41) is 15.4. The fourth-order valence-corrected chi connectivity index (χ4v) is 2.66. The highest BCUT2D eigenvalue weighted by molar-refractivity contribution is 6.33. The molecule has 114 valence electrons. The summed E-state index contributed by atoms with van der Waals surface area (Å²) in [5.41, 5.74) is 0.338. The highest BCUT2D eigenvalue weighted by atomic mass is 35.5. The molecule has 2 amide bonds. The van der Waals surface area contributed by atoms with E-state index in [1.54, 1.807) is 24.3 Å². The minimum Gasteiger partial charge on any atom is -0.391 e. The molecule has 0 saturated heterocycles. The minimum absolute atomic E-state index is 0.132. The van der Waals surface area contributed by atoms with Crippen LogP contribution in [0.25, 0.3) is 0 Å². The summed E-state index contributed by atoms with van der Waals surface area (Å²) in [5.74, 6) is -0.693. The van der Waals surface area contributed by atoms with Crippen molar-refractivity contribution in [1.82, 2.24) is 10.6 Å². The molecule has 1 fully saturated rings. The second-order valence-corrected chi connectivity index (χ2v) is 5.60. The Labute approximate surface area is 128 Å². The van der Waals surface area contributed by atoms with Crippen molar-refractivity contribution in [3.63, 3.8) is 0 Å². The van der Waals surface area contributed by atoms with E-state index in [0.717, 1.165) is 19.3 Å². The van der Waals surface area contributed by atoms with Gasteiger partial charge in [0.15, 0.2) is 0 Å². The van der Waals surface area contributed by atoms with Gasteiger partial charge in [-0.05, 0) is 25.0 Å². The van der Waals surface area contributed by atoms with Crippen LogP contribution in [-0.4, -0.2) is 35.6 Å². The van der Waals surface area contributed by atoms with Crippen LogP contribution in [0.2, 0.25) is 5.02 Å². The lowest BCUT2D eigenvalue weighted by Crippen LogP contribution is -2.48. The lowest BCUT2D eigenvalue weighted by Gasteiger charge is -2.28. The Hall–Kier alpha value is -1.59. The highest BCUT2D eigenvalue weighted by Crippen LogP contribution is 2.18. The zero-order valence-corrected chi connectivity index (χ0v) is 12.4. The molecule has 1 saturated carbocycles. The van der Waals surface area contributed by atoms with Crippen LogP contribution in [0.5, 0.6) is 0 Å². The first-order valence-corrected chi connectivity index (χ1v) is 7.46. The number of hydrogen-bond donors (Lipinski definition) is 3. The zero-order chi connectivity index (χ0) is 15.2. The summed E-state index contributed by atoms with van der Waals surface area (Å²) in [7, 11) is 0. The number of halogens is 1. The van der Waals surface area contributed by atoms with E-state index < -0.39 is 6.10 Å². The highest BCUT2D eigenvalue weighted by Gasteiger charge is 2.24. The summed E-state index contributed by atoms with van der Waals surface area (Å²) in [6, 6.07) is 6.44. The monoisotopic (exact) mass is 310 g/mol. The Morgan fingerprint density at radius 3 is 2.67 bits per heavy atom. The molecule has 0 heterocycles. The number of rotatable bonds is 4. The molecule has 5 nitrogen and oxygen atoms in total. The van der Waals surface area contributed by atoms with E-state index in [2.05, 4.69) is 10.6 Å². The van der Waals surface area contributed by atoms with E-state index in [-0.39, 0.29) is 24.4 Å². The third-order valence-corrected chi connectivity index (χ3v) is 3.93. The lowest BCUT2D eigenvalue weighted by molar-refractivity contribution is -0.122. The molecular weight excluding hydrogens is 292 g/mol. The lowest BCUT2D eigenvalue weighted by atomic mass is 9.92. The van der Waals surface area contributed by atoms with Crippen LogP contribution < -0.4 is 10.6 Å². The molecule has 0 aliphatic heterocycles. The van der Waals surface area contributed by atoms with Crippen molar-refractivity contribution in [2.24, 2.45) is 0 Å². The Morgan fingerprint density at radius 2 is 1.95 bits per heavy atom. The number of aliphatic hydroxyl groups is 1. The first-order valence-electron chi connectivity index (χ1n) is 7.08. The van der Waals surface area contributed by atoms with Crippen LogP contribution in [0.15, 0.2) is 24.3 Å². The van der Waals surface area contributed by atoms with Crippen molar-refractivity contribution in [1.29, 1.82) is 0 Å². The molecule has 1 aliphatic rings. The number of nitrogens with one attached hydrogen (secondary N) is 2. The molecule has 1 aromatic carbocycles. The van der Waals surface area contributed by atoms with E-state index in [9.17, 15) is 14.7 Å². The van der Waals surface area contributed by atoms with Crippen molar-refractivity contribution in [3.8, 4) is 0 Å². The van der Waals surface area contributed by atoms with Crippen molar-refractivity contribution in [3.05, 3.63) is 34.9 Å². The number of carbonyl (C=O) groups excluding carboxylic acids is 2. The van der Waals surface area contributed by atoms with Crippen LogP contribution in [-0.2, 0) is 4.79 Å². The van der Waals surface area contributed by atoms with Crippen molar-refractivity contribution in [2.45, 2.75) is 37.8 Å². The minimum atomic E-state index is -0.498. The summed E-state index contributed by atoms with van der Waals surface area (Å²) in [6.45, 7) is -0.132. The topological polar surface area (TPSA) is 78.4 Å². The van der Waals surface area contributed by atoms with Gasteiger partial charge in [-0.2, -0.15) is 0 Å². The molecule has 0 spiro atoms. The van der Waals surface area contributed by atoms with Crippen LogP contribution in [0, 0.1) is 0 Å². The van der Waals surface area contributed by atoms with Gasteiger partial charge < -0.3 is 15.7 Å². The van der Waals surface area contributed by atoms with Gasteiger partial charge in [0.25, 0.3) is 5.91 Å². The van der Waals surface area contributed by atoms with Crippen LogP contribution in [0.4, 0.5) is 0 Å². The fourth-order valence-electron chi connectivity index (χ4n) is 2.44.